The van der Waals surface area contributed by atoms with E-state index in [4.69, 9.17) is 0 Å². The Morgan fingerprint density at radius 1 is 0.722 bits per heavy atom. The summed E-state index contributed by atoms with van der Waals surface area (Å²) in [5, 5.41) is 4.08. The van der Waals surface area contributed by atoms with Gasteiger partial charge in [-0.1, -0.05) is 12.1 Å². The van der Waals surface area contributed by atoms with Gasteiger partial charge in [-0.15, -0.1) is 0 Å². The predicted molar refractivity (Wildman–Crippen MR) is 89.2 cm³/mol. The van der Waals surface area contributed by atoms with Crippen LogP contribution in [0.1, 0.15) is 59.3 Å². The minimum absolute atomic E-state index is 0.839. The molecule has 0 aliphatic heterocycles. The van der Waals surface area contributed by atoms with Crippen LogP contribution < -0.4 is 0 Å². The first-order valence-corrected chi connectivity index (χ1v) is 14.7. The van der Waals surface area contributed by atoms with Gasteiger partial charge in [0.2, 0.25) is 0 Å². The largest absolute Gasteiger partial charge is 0.152 e. The van der Waals surface area contributed by atoms with Crippen LogP contribution >= 0.6 is 11.3 Å². The minimum atomic E-state index is -0.839. The maximum atomic E-state index is 2.33. The first-order chi connectivity index (χ1) is 8.85. The van der Waals surface area contributed by atoms with E-state index in [1.165, 1.54) is 38.5 Å². The Balaban J connectivity index is 0.000000473. The molecule has 105 valence electrons. The normalized spacial score (nSPS) is 10.2. The van der Waals surface area contributed by atoms with E-state index in [1.54, 1.807) is 24.6 Å². The Labute approximate surface area is 126 Å². The number of hydrogen-bond donors (Lipinski definition) is 0. The molecule has 1 aromatic heterocycles. The van der Waals surface area contributed by atoms with Crippen molar-refractivity contribution in [1.29, 1.82) is 0 Å². The second-order valence-corrected chi connectivity index (χ2v) is 14.2. The van der Waals surface area contributed by atoms with Crippen molar-refractivity contribution in [2.24, 2.45) is 0 Å². The summed E-state index contributed by atoms with van der Waals surface area (Å²) in [6.45, 7) is 7.00. The monoisotopic (exact) mass is 257 g/mol. The van der Waals surface area contributed by atoms with Crippen molar-refractivity contribution in [3.63, 3.8) is 0 Å². The molecule has 0 atom stereocenters. The van der Waals surface area contributed by atoms with Crippen LogP contribution in [0.4, 0.5) is 0 Å². The van der Waals surface area contributed by atoms with Gasteiger partial charge in [0, 0.05) is 0 Å². The summed E-state index contributed by atoms with van der Waals surface area (Å²) in [5.41, 5.74) is 0. The zero-order chi connectivity index (χ0) is 13.5. The second kappa shape index (κ2) is 15.6. The predicted octanol–water partition coefficient (Wildman–Crippen LogP) is 6.63. The Morgan fingerprint density at radius 3 is 1.33 bits per heavy atom. The molecule has 2 heteroatoms. The van der Waals surface area contributed by atoms with Crippen LogP contribution in [-0.2, 0) is 0 Å². The van der Waals surface area contributed by atoms with Gasteiger partial charge >= 0.3 is 92.4 Å². The molecular formula is C16H31SSn. The Hall–Kier alpha value is 0.499. The molecular weight excluding hydrogens is 226 g/mol. The van der Waals surface area contributed by atoms with Crippen molar-refractivity contribution in [1.82, 2.24) is 0 Å². The quantitative estimate of drug-likeness (QED) is 0.435. The summed E-state index contributed by atoms with van der Waals surface area (Å²) in [6.07, 6.45) is 8.85. The summed E-state index contributed by atoms with van der Waals surface area (Å²) in [6, 6.07) is 4.04. The summed E-state index contributed by atoms with van der Waals surface area (Å²) in [4.78, 5) is 0. The molecule has 1 rings (SSSR count). The van der Waals surface area contributed by atoms with Crippen molar-refractivity contribution in [2.45, 2.75) is 72.6 Å². The summed E-state index contributed by atoms with van der Waals surface area (Å²) in [5.74, 6) is 0. The molecule has 0 saturated carbocycles. The number of rotatable bonds is 9. The first-order valence-electron chi connectivity index (χ1n) is 7.65. The van der Waals surface area contributed by atoms with Crippen LogP contribution in [0.25, 0.3) is 0 Å². The van der Waals surface area contributed by atoms with Gasteiger partial charge < -0.3 is 0 Å². The smallest absolute Gasteiger partial charge is 0.00934 e. The third kappa shape index (κ3) is 12.9. The van der Waals surface area contributed by atoms with E-state index in [-0.39, 0.29) is 0 Å². The van der Waals surface area contributed by atoms with Crippen LogP contribution in [-0.4, -0.2) is 19.8 Å². The Kier molecular flexibility index (Phi) is 16.0. The van der Waals surface area contributed by atoms with Crippen molar-refractivity contribution in [3.8, 4) is 0 Å². The number of hydrogen-bond acceptors (Lipinski definition) is 1. The molecule has 0 spiro atoms. The topological polar surface area (TPSA) is 0 Å². The van der Waals surface area contributed by atoms with Crippen LogP contribution in [0.15, 0.2) is 22.9 Å². The van der Waals surface area contributed by atoms with E-state index in [0.29, 0.717) is 0 Å². The van der Waals surface area contributed by atoms with E-state index < -0.39 is 19.8 Å². The molecule has 0 amide bonds. The fourth-order valence-corrected chi connectivity index (χ4v) is 11.8. The van der Waals surface area contributed by atoms with Gasteiger partial charge in [-0.05, 0) is 10.8 Å². The maximum absolute atomic E-state index is 2.33. The second-order valence-electron chi connectivity index (χ2n) is 4.85. The maximum Gasteiger partial charge on any atom is -0.00934 e. The molecule has 0 fully saturated rings. The third-order valence-corrected chi connectivity index (χ3v) is 12.8. The van der Waals surface area contributed by atoms with Crippen molar-refractivity contribution >= 4 is 31.1 Å². The molecule has 18 heavy (non-hydrogen) atoms. The minimum Gasteiger partial charge on any atom is -0.152 e. The fourth-order valence-electron chi connectivity index (χ4n) is 1.88. The average molecular weight is 257 g/mol. The first kappa shape index (κ1) is 18.5. The van der Waals surface area contributed by atoms with E-state index in [1.807, 2.05) is 22.9 Å². The molecule has 0 N–H and O–H groups in total. The molecule has 0 aliphatic carbocycles. The van der Waals surface area contributed by atoms with Gasteiger partial charge in [0.1, 0.15) is 0 Å². The van der Waals surface area contributed by atoms with Gasteiger partial charge in [0.05, 0.1) is 0 Å². The molecule has 0 nitrogen and oxygen atoms in total. The van der Waals surface area contributed by atoms with Crippen LogP contribution in [0.3, 0.4) is 0 Å². The Morgan fingerprint density at radius 2 is 1.11 bits per heavy atom. The zero-order valence-corrected chi connectivity index (χ0v) is 16.3. The number of thiophene rings is 1. The van der Waals surface area contributed by atoms with E-state index in [0.717, 1.165) is 0 Å². The summed E-state index contributed by atoms with van der Waals surface area (Å²) in [7, 11) is 0. The van der Waals surface area contributed by atoms with Gasteiger partial charge in [-0.2, -0.15) is 11.3 Å². The fraction of sp³-hybridized carbons (Fsp3) is 0.750. The van der Waals surface area contributed by atoms with E-state index in [9.17, 15) is 0 Å². The van der Waals surface area contributed by atoms with Gasteiger partial charge in [0.25, 0.3) is 0 Å². The van der Waals surface area contributed by atoms with Crippen molar-refractivity contribution in [3.05, 3.63) is 22.9 Å². The van der Waals surface area contributed by atoms with Crippen LogP contribution in [0.5, 0.6) is 0 Å². The average Bonchev–Trinajstić information content (AvgIpc) is 2.97. The molecule has 0 aliphatic rings. The van der Waals surface area contributed by atoms with Crippen molar-refractivity contribution < 1.29 is 0 Å². The van der Waals surface area contributed by atoms with Crippen LogP contribution in [0, 0.1) is 0 Å². The molecule has 0 unspecified atom stereocenters. The Bertz CT molecular complexity index is 185. The number of unbranched alkanes of at least 4 members (excludes halogenated alkanes) is 3. The molecule has 1 aromatic rings. The molecule has 0 saturated heterocycles. The molecule has 0 aromatic carbocycles. The zero-order valence-electron chi connectivity index (χ0n) is 12.6. The van der Waals surface area contributed by atoms with Crippen LogP contribution in [0.2, 0.25) is 13.3 Å². The summed E-state index contributed by atoms with van der Waals surface area (Å²) >= 11 is 0.874. The van der Waals surface area contributed by atoms with Gasteiger partial charge in [0.15, 0.2) is 0 Å². The van der Waals surface area contributed by atoms with E-state index >= 15 is 0 Å². The van der Waals surface area contributed by atoms with Gasteiger partial charge in [-0.3, -0.25) is 0 Å². The van der Waals surface area contributed by atoms with E-state index in [2.05, 4.69) is 20.8 Å². The standard InChI is InChI=1S/C4H4S.3C4H9.Sn/c1-2-4-5-3-1;3*1-3-4-2;/h1-4H;3*1,3-4H2,2H3;/i;;;;1+36. The SMILES string of the molecule is CCC[CH2][2Sn]([CH2]CCC)[CH2]CCC.c1ccsc1. The summed E-state index contributed by atoms with van der Waals surface area (Å²) < 4.78 is 5.04. The molecule has 1 radical (unpaired) electrons. The third-order valence-electron chi connectivity index (χ3n) is 3.08. The van der Waals surface area contributed by atoms with Gasteiger partial charge in [-0.25, -0.2) is 0 Å². The molecule has 0 bridgehead atoms. The van der Waals surface area contributed by atoms with Crippen molar-refractivity contribution in [2.75, 3.05) is 0 Å². The molecule has 1 heterocycles.